The van der Waals surface area contributed by atoms with Crippen molar-refractivity contribution < 1.29 is 4.74 Å². The molecule has 3 rings (SSSR count). The number of benzene rings is 1. The van der Waals surface area contributed by atoms with Crippen molar-refractivity contribution in [2.24, 2.45) is 0 Å². The van der Waals surface area contributed by atoms with E-state index in [1.54, 1.807) is 6.20 Å². The van der Waals surface area contributed by atoms with Gasteiger partial charge in [0.2, 0.25) is 0 Å². The molecule has 0 radical (unpaired) electrons. The van der Waals surface area contributed by atoms with E-state index in [1.807, 2.05) is 24.3 Å². The lowest BCUT2D eigenvalue weighted by Crippen LogP contribution is -2.41. The Hall–Kier alpha value is -2.12. The molecule has 19 heavy (non-hydrogen) atoms. The molecule has 2 aromatic rings. The summed E-state index contributed by atoms with van der Waals surface area (Å²) in [5.41, 5.74) is 2.55. The third-order valence-corrected chi connectivity index (χ3v) is 3.42. The smallest absolute Gasteiger partial charge is 0.103 e. The molecule has 1 atom stereocenters. The van der Waals surface area contributed by atoms with Crippen LogP contribution < -0.4 is 4.90 Å². The van der Waals surface area contributed by atoms with E-state index in [2.05, 4.69) is 22.9 Å². The predicted molar refractivity (Wildman–Crippen MR) is 74.1 cm³/mol. The Morgan fingerprint density at radius 3 is 3.05 bits per heavy atom. The van der Waals surface area contributed by atoms with E-state index in [1.165, 1.54) is 0 Å². The average Bonchev–Trinajstić information content (AvgIpc) is 2.46. The monoisotopic (exact) mass is 253 g/mol. The number of para-hydroxylation sites is 1. The van der Waals surface area contributed by atoms with Crippen LogP contribution in [0.3, 0.4) is 0 Å². The van der Waals surface area contributed by atoms with Crippen molar-refractivity contribution in [3.8, 4) is 6.07 Å². The SMILES string of the molecule is CC1CN(c2c(C#N)cnc3ccccc23)CCO1. The molecule has 2 heterocycles. The van der Waals surface area contributed by atoms with Gasteiger partial charge < -0.3 is 9.64 Å². The Labute approximate surface area is 112 Å². The van der Waals surface area contributed by atoms with Gasteiger partial charge in [-0.3, -0.25) is 4.98 Å². The standard InChI is InChI=1S/C15H15N3O/c1-11-10-18(6-7-19-11)15-12(8-16)9-17-14-5-3-2-4-13(14)15/h2-5,9,11H,6-7,10H2,1H3. The number of nitriles is 1. The van der Waals surface area contributed by atoms with Crippen LogP contribution in [0, 0.1) is 11.3 Å². The Kier molecular flexibility index (Phi) is 3.06. The second-order valence-corrected chi connectivity index (χ2v) is 4.78. The normalized spacial score (nSPS) is 19.4. The highest BCUT2D eigenvalue weighted by molar-refractivity contribution is 5.94. The molecule has 4 heteroatoms. The number of fused-ring (bicyclic) bond motifs is 1. The van der Waals surface area contributed by atoms with Gasteiger partial charge in [-0.25, -0.2) is 0 Å². The van der Waals surface area contributed by atoms with Gasteiger partial charge in [0.25, 0.3) is 0 Å². The van der Waals surface area contributed by atoms with Gasteiger partial charge in [0.15, 0.2) is 0 Å². The highest BCUT2D eigenvalue weighted by Crippen LogP contribution is 2.30. The van der Waals surface area contributed by atoms with E-state index in [4.69, 9.17) is 4.74 Å². The van der Waals surface area contributed by atoms with Crippen molar-refractivity contribution >= 4 is 16.6 Å². The van der Waals surface area contributed by atoms with Gasteiger partial charge in [0.1, 0.15) is 6.07 Å². The first-order valence-corrected chi connectivity index (χ1v) is 6.44. The van der Waals surface area contributed by atoms with Crippen LogP contribution in [0.4, 0.5) is 5.69 Å². The van der Waals surface area contributed by atoms with Crippen molar-refractivity contribution in [3.63, 3.8) is 0 Å². The fourth-order valence-electron chi connectivity index (χ4n) is 2.57. The van der Waals surface area contributed by atoms with Crippen molar-refractivity contribution in [3.05, 3.63) is 36.0 Å². The summed E-state index contributed by atoms with van der Waals surface area (Å²) in [5, 5.41) is 10.4. The summed E-state index contributed by atoms with van der Waals surface area (Å²) in [6.45, 7) is 4.37. The number of hydrogen-bond donors (Lipinski definition) is 0. The molecule has 0 amide bonds. The van der Waals surface area contributed by atoms with Crippen LogP contribution in [0.15, 0.2) is 30.5 Å². The molecule has 0 N–H and O–H groups in total. The molecule has 1 aliphatic heterocycles. The molecule has 0 bridgehead atoms. The van der Waals surface area contributed by atoms with E-state index >= 15 is 0 Å². The number of nitrogens with zero attached hydrogens (tertiary/aromatic N) is 3. The van der Waals surface area contributed by atoms with Crippen LogP contribution in [-0.4, -0.2) is 30.8 Å². The van der Waals surface area contributed by atoms with Crippen LogP contribution in [0.5, 0.6) is 0 Å². The van der Waals surface area contributed by atoms with Gasteiger partial charge in [0.05, 0.1) is 29.5 Å². The average molecular weight is 253 g/mol. The Morgan fingerprint density at radius 2 is 2.26 bits per heavy atom. The number of ether oxygens (including phenoxy) is 1. The molecule has 0 saturated carbocycles. The van der Waals surface area contributed by atoms with Gasteiger partial charge in [0, 0.05) is 24.7 Å². The lowest BCUT2D eigenvalue weighted by atomic mass is 10.1. The maximum atomic E-state index is 9.33. The molecule has 1 aromatic carbocycles. The number of pyridine rings is 1. The maximum absolute atomic E-state index is 9.33. The second kappa shape index (κ2) is 4.87. The Balaban J connectivity index is 2.17. The molecule has 0 spiro atoms. The first kappa shape index (κ1) is 11.9. The van der Waals surface area contributed by atoms with Crippen molar-refractivity contribution in [2.45, 2.75) is 13.0 Å². The highest BCUT2D eigenvalue weighted by Gasteiger charge is 2.21. The van der Waals surface area contributed by atoms with Crippen LogP contribution in [-0.2, 0) is 4.74 Å². The lowest BCUT2D eigenvalue weighted by Gasteiger charge is -2.34. The molecular formula is C15H15N3O. The van der Waals surface area contributed by atoms with Crippen molar-refractivity contribution in [1.29, 1.82) is 5.26 Å². The summed E-state index contributed by atoms with van der Waals surface area (Å²) in [4.78, 5) is 6.58. The summed E-state index contributed by atoms with van der Waals surface area (Å²) >= 11 is 0. The fraction of sp³-hybridized carbons (Fsp3) is 0.333. The van der Waals surface area contributed by atoms with E-state index in [0.29, 0.717) is 12.2 Å². The summed E-state index contributed by atoms with van der Waals surface area (Å²) in [7, 11) is 0. The Bertz CT molecular complexity index is 647. The van der Waals surface area contributed by atoms with E-state index in [0.717, 1.165) is 29.7 Å². The molecule has 1 unspecified atom stereocenters. The minimum absolute atomic E-state index is 0.187. The zero-order chi connectivity index (χ0) is 13.2. The first-order valence-electron chi connectivity index (χ1n) is 6.44. The van der Waals surface area contributed by atoms with Crippen LogP contribution in [0.1, 0.15) is 12.5 Å². The van der Waals surface area contributed by atoms with E-state index < -0.39 is 0 Å². The minimum Gasteiger partial charge on any atom is -0.375 e. The number of anilines is 1. The molecule has 1 fully saturated rings. The largest absolute Gasteiger partial charge is 0.375 e. The topological polar surface area (TPSA) is 49.2 Å². The van der Waals surface area contributed by atoms with Gasteiger partial charge in [-0.05, 0) is 13.0 Å². The summed E-state index contributed by atoms with van der Waals surface area (Å²) in [6.07, 6.45) is 1.85. The zero-order valence-corrected chi connectivity index (χ0v) is 10.8. The molecular weight excluding hydrogens is 238 g/mol. The number of rotatable bonds is 1. The van der Waals surface area contributed by atoms with Crippen LogP contribution in [0.2, 0.25) is 0 Å². The first-order chi connectivity index (χ1) is 9.29. The lowest BCUT2D eigenvalue weighted by molar-refractivity contribution is 0.0533. The quantitative estimate of drug-likeness (QED) is 0.782. The van der Waals surface area contributed by atoms with Gasteiger partial charge in [-0.1, -0.05) is 18.2 Å². The molecule has 96 valence electrons. The highest BCUT2D eigenvalue weighted by atomic mass is 16.5. The number of hydrogen-bond acceptors (Lipinski definition) is 4. The second-order valence-electron chi connectivity index (χ2n) is 4.78. The molecule has 4 nitrogen and oxygen atoms in total. The third kappa shape index (κ3) is 2.13. The summed E-state index contributed by atoms with van der Waals surface area (Å²) in [5.74, 6) is 0. The predicted octanol–water partition coefficient (Wildman–Crippen LogP) is 2.33. The Morgan fingerprint density at radius 1 is 1.42 bits per heavy atom. The van der Waals surface area contributed by atoms with Crippen molar-refractivity contribution in [2.75, 3.05) is 24.6 Å². The third-order valence-electron chi connectivity index (χ3n) is 3.42. The van der Waals surface area contributed by atoms with Gasteiger partial charge in [-0.15, -0.1) is 0 Å². The van der Waals surface area contributed by atoms with Crippen molar-refractivity contribution in [1.82, 2.24) is 4.98 Å². The minimum atomic E-state index is 0.187. The zero-order valence-electron chi connectivity index (χ0n) is 10.8. The maximum Gasteiger partial charge on any atom is 0.103 e. The number of aromatic nitrogens is 1. The van der Waals surface area contributed by atoms with Crippen LogP contribution >= 0.6 is 0 Å². The molecule has 1 aliphatic rings. The molecule has 0 aliphatic carbocycles. The van der Waals surface area contributed by atoms with E-state index in [9.17, 15) is 5.26 Å². The van der Waals surface area contributed by atoms with Crippen LogP contribution in [0.25, 0.3) is 10.9 Å². The fourth-order valence-corrected chi connectivity index (χ4v) is 2.57. The van der Waals surface area contributed by atoms with Gasteiger partial charge >= 0.3 is 0 Å². The van der Waals surface area contributed by atoms with Gasteiger partial charge in [-0.2, -0.15) is 5.26 Å². The van der Waals surface area contributed by atoms with E-state index in [-0.39, 0.29) is 6.10 Å². The molecule has 1 aromatic heterocycles. The summed E-state index contributed by atoms with van der Waals surface area (Å²) in [6, 6.07) is 10.2. The summed E-state index contributed by atoms with van der Waals surface area (Å²) < 4.78 is 5.57. The number of morpholine rings is 1. The molecule has 1 saturated heterocycles.